The summed E-state index contributed by atoms with van der Waals surface area (Å²) >= 11 is 10.8. The quantitative estimate of drug-likeness (QED) is 0.735. The van der Waals surface area contributed by atoms with E-state index in [0.717, 1.165) is 14.7 Å². The van der Waals surface area contributed by atoms with Crippen LogP contribution >= 0.6 is 38.9 Å². The molecule has 0 bridgehead atoms. The van der Waals surface area contributed by atoms with Crippen LogP contribution in [-0.2, 0) is 0 Å². The summed E-state index contributed by atoms with van der Waals surface area (Å²) in [5.74, 6) is 1.25. The largest absolute Gasteiger partial charge is 0.437 e. The molecular weight excluding hydrogens is 350 g/mol. The second-order valence-corrected chi connectivity index (χ2v) is 5.89. The standard InChI is InChI=1S/C12H7BrClN3OS/c13-8-5-6(14)1-2-9(8)18-10-7-3-4-19-11(7)17-12(15)16-10/h1-5H,(H2,15,16,17). The maximum Gasteiger partial charge on any atom is 0.232 e. The zero-order valence-corrected chi connectivity index (χ0v) is 12.6. The Morgan fingerprint density at radius 1 is 1.26 bits per heavy atom. The van der Waals surface area contributed by atoms with E-state index in [9.17, 15) is 0 Å². The van der Waals surface area contributed by atoms with Crippen molar-refractivity contribution < 1.29 is 4.74 Å². The molecule has 2 aromatic heterocycles. The van der Waals surface area contributed by atoms with E-state index in [0.29, 0.717) is 16.7 Å². The molecule has 0 spiro atoms. The van der Waals surface area contributed by atoms with E-state index in [1.165, 1.54) is 11.3 Å². The summed E-state index contributed by atoms with van der Waals surface area (Å²) in [6.45, 7) is 0. The van der Waals surface area contributed by atoms with E-state index < -0.39 is 0 Å². The summed E-state index contributed by atoms with van der Waals surface area (Å²) in [4.78, 5) is 9.08. The molecule has 2 heterocycles. The van der Waals surface area contributed by atoms with Gasteiger partial charge in [-0.05, 0) is 45.6 Å². The van der Waals surface area contributed by atoms with Crippen molar-refractivity contribution in [3.63, 3.8) is 0 Å². The lowest BCUT2D eigenvalue weighted by molar-refractivity contribution is 0.466. The lowest BCUT2D eigenvalue weighted by Gasteiger charge is -2.08. The van der Waals surface area contributed by atoms with Gasteiger partial charge in [-0.25, -0.2) is 4.98 Å². The molecule has 19 heavy (non-hydrogen) atoms. The number of fused-ring (bicyclic) bond motifs is 1. The number of hydrogen-bond donors (Lipinski definition) is 1. The number of ether oxygens (including phenoxy) is 1. The third-order valence-electron chi connectivity index (χ3n) is 2.41. The van der Waals surface area contributed by atoms with E-state index in [-0.39, 0.29) is 5.95 Å². The van der Waals surface area contributed by atoms with Crippen LogP contribution in [0.4, 0.5) is 5.95 Å². The Kier molecular flexibility index (Phi) is 3.30. The molecule has 4 nitrogen and oxygen atoms in total. The van der Waals surface area contributed by atoms with Gasteiger partial charge in [0.2, 0.25) is 11.8 Å². The molecule has 0 atom stereocenters. The van der Waals surface area contributed by atoms with Gasteiger partial charge in [-0.1, -0.05) is 11.6 Å². The third-order valence-corrected chi connectivity index (χ3v) is 4.07. The van der Waals surface area contributed by atoms with Crippen LogP contribution in [0, 0.1) is 0 Å². The highest BCUT2D eigenvalue weighted by atomic mass is 79.9. The summed E-state index contributed by atoms with van der Waals surface area (Å²) in [6, 6.07) is 7.17. The first-order valence-electron chi connectivity index (χ1n) is 5.27. The molecule has 0 fully saturated rings. The SMILES string of the molecule is Nc1nc(Oc2ccc(Cl)cc2Br)c2ccsc2n1. The number of thiophene rings is 1. The van der Waals surface area contributed by atoms with Crippen molar-refractivity contribution in [2.45, 2.75) is 0 Å². The van der Waals surface area contributed by atoms with Crippen LogP contribution < -0.4 is 10.5 Å². The molecule has 0 aliphatic carbocycles. The summed E-state index contributed by atoms with van der Waals surface area (Å²) in [5, 5.41) is 3.38. The van der Waals surface area contributed by atoms with E-state index in [1.807, 2.05) is 11.4 Å². The van der Waals surface area contributed by atoms with Gasteiger partial charge in [0.25, 0.3) is 0 Å². The van der Waals surface area contributed by atoms with Gasteiger partial charge >= 0.3 is 0 Å². The molecule has 0 amide bonds. The minimum absolute atomic E-state index is 0.190. The van der Waals surface area contributed by atoms with Gasteiger partial charge in [0.15, 0.2) is 0 Å². The zero-order valence-electron chi connectivity index (χ0n) is 9.43. The van der Waals surface area contributed by atoms with E-state index in [1.54, 1.807) is 18.2 Å². The fourth-order valence-corrected chi connectivity index (χ4v) is 3.11. The van der Waals surface area contributed by atoms with Gasteiger partial charge < -0.3 is 10.5 Å². The number of anilines is 1. The Bertz CT molecular complexity index is 762. The maximum absolute atomic E-state index is 5.89. The fraction of sp³-hybridized carbons (Fsp3) is 0. The summed E-state index contributed by atoms with van der Waals surface area (Å²) < 4.78 is 6.54. The van der Waals surface area contributed by atoms with Crippen molar-refractivity contribution in [1.82, 2.24) is 9.97 Å². The van der Waals surface area contributed by atoms with Crippen LogP contribution in [0.3, 0.4) is 0 Å². The van der Waals surface area contributed by atoms with Gasteiger partial charge in [-0.3, -0.25) is 0 Å². The van der Waals surface area contributed by atoms with Crippen LogP contribution in [0.25, 0.3) is 10.2 Å². The van der Waals surface area contributed by atoms with Crippen molar-refractivity contribution in [2.24, 2.45) is 0 Å². The number of hydrogen-bond acceptors (Lipinski definition) is 5. The Labute approximate surface area is 126 Å². The van der Waals surface area contributed by atoms with Crippen LogP contribution in [-0.4, -0.2) is 9.97 Å². The third kappa shape index (κ3) is 2.51. The highest BCUT2D eigenvalue weighted by Crippen LogP contribution is 2.35. The van der Waals surface area contributed by atoms with Gasteiger partial charge in [0.1, 0.15) is 10.6 Å². The Hall–Kier alpha value is -1.37. The molecule has 0 unspecified atom stereocenters. The first-order chi connectivity index (χ1) is 9.13. The van der Waals surface area contributed by atoms with E-state index in [4.69, 9.17) is 22.1 Å². The summed E-state index contributed by atoms with van der Waals surface area (Å²) in [6.07, 6.45) is 0. The second-order valence-electron chi connectivity index (χ2n) is 3.70. The van der Waals surface area contributed by atoms with Gasteiger partial charge in [-0.15, -0.1) is 11.3 Å². The van der Waals surface area contributed by atoms with Crippen LogP contribution in [0.5, 0.6) is 11.6 Å². The van der Waals surface area contributed by atoms with Crippen molar-refractivity contribution in [3.05, 3.63) is 39.1 Å². The molecule has 3 aromatic rings. The van der Waals surface area contributed by atoms with Crippen LogP contribution in [0.15, 0.2) is 34.1 Å². The van der Waals surface area contributed by atoms with Crippen molar-refractivity contribution in [2.75, 3.05) is 5.73 Å². The maximum atomic E-state index is 5.89. The smallest absolute Gasteiger partial charge is 0.232 e. The molecule has 1 aromatic carbocycles. The number of nitrogen functional groups attached to an aromatic ring is 1. The number of nitrogens with two attached hydrogens (primary N) is 1. The highest BCUT2D eigenvalue weighted by Gasteiger charge is 2.11. The van der Waals surface area contributed by atoms with Crippen molar-refractivity contribution in [1.29, 1.82) is 0 Å². The molecule has 0 saturated heterocycles. The molecule has 7 heteroatoms. The fourth-order valence-electron chi connectivity index (χ4n) is 1.58. The monoisotopic (exact) mass is 355 g/mol. The number of rotatable bonds is 2. The average Bonchev–Trinajstić information content (AvgIpc) is 2.80. The molecule has 3 rings (SSSR count). The molecular formula is C12H7BrClN3OS. The lowest BCUT2D eigenvalue weighted by Crippen LogP contribution is -1.97. The number of halogens is 2. The molecule has 0 saturated carbocycles. The lowest BCUT2D eigenvalue weighted by atomic mass is 10.3. The Morgan fingerprint density at radius 3 is 2.89 bits per heavy atom. The zero-order chi connectivity index (χ0) is 13.4. The first kappa shape index (κ1) is 12.7. The second kappa shape index (κ2) is 4.96. The normalized spacial score (nSPS) is 10.8. The predicted octanol–water partition coefficient (Wildman–Crippen LogP) is 4.48. The predicted molar refractivity (Wildman–Crippen MR) is 81.1 cm³/mol. The number of aromatic nitrogens is 2. The average molecular weight is 357 g/mol. The molecule has 2 N–H and O–H groups in total. The molecule has 96 valence electrons. The van der Waals surface area contributed by atoms with Gasteiger partial charge in [0, 0.05) is 5.02 Å². The van der Waals surface area contributed by atoms with Crippen molar-refractivity contribution in [3.8, 4) is 11.6 Å². The Balaban J connectivity index is 2.07. The van der Waals surface area contributed by atoms with Crippen LogP contribution in [0.2, 0.25) is 5.02 Å². The summed E-state index contributed by atoms with van der Waals surface area (Å²) in [5.41, 5.74) is 5.67. The highest BCUT2D eigenvalue weighted by molar-refractivity contribution is 9.10. The first-order valence-corrected chi connectivity index (χ1v) is 7.32. The minimum Gasteiger partial charge on any atom is -0.437 e. The molecule has 0 aliphatic rings. The van der Waals surface area contributed by atoms with Gasteiger partial charge in [-0.2, -0.15) is 4.98 Å². The van der Waals surface area contributed by atoms with Crippen LogP contribution in [0.1, 0.15) is 0 Å². The molecule has 0 aliphatic heterocycles. The summed E-state index contributed by atoms with van der Waals surface area (Å²) in [7, 11) is 0. The number of benzene rings is 1. The number of nitrogens with zero attached hydrogens (tertiary/aromatic N) is 2. The minimum atomic E-state index is 0.190. The van der Waals surface area contributed by atoms with E-state index >= 15 is 0 Å². The topological polar surface area (TPSA) is 61.0 Å². The Morgan fingerprint density at radius 2 is 2.11 bits per heavy atom. The van der Waals surface area contributed by atoms with E-state index in [2.05, 4.69) is 25.9 Å². The molecule has 0 radical (unpaired) electrons. The van der Waals surface area contributed by atoms with Gasteiger partial charge in [0.05, 0.1) is 9.86 Å². The van der Waals surface area contributed by atoms with Crippen molar-refractivity contribution >= 4 is 55.0 Å².